The predicted molar refractivity (Wildman–Crippen MR) is 124 cm³/mol. The summed E-state index contributed by atoms with van der Waals surface area (Å²) in [6, 6.07) is 7.69. The van der Waals surface area contributed by atoms with Crippen LogP contribution < -0.4 is 10.6 Å². The maximum atomic E-state index is 11.8. The highest BCUT2D eigenvalue weighted by Gasteiger charge is 2.25. The number of benzene rings is 1. The van der Waals surface area contributed by atoms with Gasteiger partial charge in [-0.05, 0) is 24.1 Å². The van der Waals surface area contributed by atoms with Crippen LogP contribution in [0.5, 0.6) is 0 Å². The molecule has 2 aromatic rings. The van der Waals surface area contributed by atoms with Gasteiger partial charge in [0.15, 0.2) is 5.96 Å². The van der Waals surface area contributed by atoms with Crippen LogP contribution in [0.4, 0.5) is 0 Å². The van der Waals surface area contributed by atoms with Gasteiger partial charge in [0.25, 0.3) is 5.91 Å². The van der Waals surface area contributed by atoms with Crippen LogP contribution in [0.25, 0.3) is 0 Å². The SMILES string of the molecule is CN=C(NCCc1cccc(C(=O)NC)c1)N1CCOC(c2cnn(C)c2)C1.I. The number of ether oxygens (including phenoxy) is 1. The standard InChI is InChI=1S/C20H28N6O2.HI/c1-21-19(27)16-6-4-5-15(11-16)7-8-23-20(22-2)26-9-10-28-18(14-26)17-12-24-25(3)13-17;/h4-6,11-13,18H,7-10,14H2,1-3H3,(H,21,27)(H,22,23);1H. The zero-order valence-electron chi connectivity index (χ0n) is 17.1. The lowest BCUT2D eigenvalue weighted by molar-refractivity contribution is -0.00800. The fraction of sp³-hybridized carbons (Fsp3) is 0.450. The lowest BCUT2D eigenvalue weighted by Gasteiger charge is -2.34. The second-order valence-electron chi connectivity index (χ2n) is 6.76. The van der Waals surface area contributed by atoms with Crippen molar-refractivity contribution >= 4 is 35.8 Å². The average Bonchev–Trinajstić information content (AvgIpc) is 3.17. The molecular weight excluding hydrogens is 483 g/mol. The number of guanidine groups is 1. The fourth-order valence-electron chi connectivity index (χ4n) is 3.31. The number of hydrogen-bond donors (Lipinski definition) is 2. The number of rotatable bonds is 5. The van der Waals surface area contributed by atoms with Crippen LogP contribution in [0.3, 0.4) is 0 Å². The van der Waals surface area contributed by atoms with E-state index in [1.165, 1.54) is 0 Å². The summed E-state index contributed by atoms with van der Waals surface area (Å²) < 4.78 is 7.70. The van der Waals surface area contributed by atoms with E-state index in [0.717, 1.165) is 43.1 Å². The van der Waals surface area contributed by atoms with Gasteiger partial charge >= 0.3 is 0 Å². The van der Waals surface area contributed by atoms with Crippen molar-refractivity contribution in [2.75, 3.05) is 40.3 Å². The van der Waals surface area contributed by atoms with E-state index in [0.29, 0.717) is 12.2 Å². The second-order valence-corrected chi connectivity index (χ2v) is 6.76. The zero-order chi connectivity index (χ0) is 19.9. The number of morpholine rings is 1. The monoisotopic (exact) mass is 512 g/mol. The first-order valence-corrected chi connectivity index (χ1v) is 9.47. The van der Waals surface area contributed by atoms with E-state index in [1.807, 2.05) is 43.7 Å². The highest BCUT2D eigenvalue weighted by atomic mass is 127. The molecule has 1 unspecified atom stereocenters. The third kappa shape index (κ3) is 6.17. The predicted octanol–water partition coefficient (Wildman–Crippen LogP) is 1.59. The van der Waals surface area contributed by atoms with Crippen molar-refractivity contribution in [2.24, 2.45) is 12.0 Å². The molecule has 0 bridgehead atoms. The number of nitrogens with one attached hydrogen (secondary N) is 2. The van der Waals surface area contributed by atoms with Crippen molar-refractivity contribution in [2.45, 2.75) is 12.5 Å². The highest BCUT2D eigenvalue weighted by Crippen LogP contribution is 2.21. The summed E-state index contributed by atoms with van der Waals surface area (Å²) >= 11 is 0. The molecule has 0 radical (unpaired) electrons. The molecule has 2 N–H and O–H groups in total. The van der Waals surface area contributed by atoms with Gasteiger partial charge in [-0.1, -0.05) is 12.1 Å². The van der Waals surface area contributed by atoms with E-state index in [4.69, 9.17) is 4.74 Å². The van der Waals surface area contributed by atoms with E-state index in [2.05, 4.69) is 25.6 Å². The minimum absolute atomic E-state index is 0. The highest BCUT2D eigenvalue weighted by molar-refractivity contribution is 14.0. The molecule has 9 heteroatoms. The largest absolute Gasteiger partial charge is 0.370 e. The Labute approximate surface area is 188 Å². The first-order chi connectivity index (χ1) is 13.6. The summed E-state index contributed by atoms with van der Waals surface area (Å²) in [5, 5.41) is 10.3. The molecule has 1 aliphatic rings. The van der Waals surface area contributed by atoms with Gasteiger partial charge in [0.2, 0.25) is 0 Å². The quantitative estimate of drug-likeness (QED) is 0.361. The summed E-state index contributed by atoms with van der Waals surface area (Å²) in [5.74, 6) is 0.792. The molecule has 29 heavy (non-hydrogen) atoms. The molecular formula is C20H29IN6O2. The number of aryl methyl sites for hydroxylation is 1. The van der Waals surface area contributed by atoms with Gasteiger partial charge in [-0.3, -0.25) is 14.5 Å². The number of hydrogen-bond acceptors (Lipinski definition) is 4. The number of aliphatic imine (C=N–C) groups is 1. The maximum absolute atomic E-state index is 11.8. The Morgan fingerprint density at radius 3 is 2.93 bits per heavy atom. The molecule has 1 saturated heterocycles. The topological polar surface area (TPSA) is 83.8 Å². The Morgan fingerprint density at radius 1 is 1.41 bits per heavy atom. The first-order valence-electron chi connectivity index (χ1n) is 9.47. The van der Waals surface area contributed by atoms with Gasteiger partial charge in [-0.2, -0.15) is 5.10 Å². The van der Waals surface area contributed by atoms with Gasteiger partial charge in [0.1, 0.15) is 6.10 Å². The van der Waals surface area contributed by atoms with Crippen molar-refractivity contribution in [3.63, 3.8) is 0 Å². The van der Waals surface area contributed by atoms with E-state index in [9.17, 15) is 4.79 Å². The van der Waals surface area contributed by atoms with Crippen LogP contribution in [-0.2, 0) is 18.2 Å². The minimum atomic E-state index is -0.0691. The Kier molecular flexibility index (Phi) is 8.90. The van der Waals surface area contributed by atoms with Crippen molar-refractivity contribution in [1.82, 2.24) is 25.3 Å². The smallest absolute Gasteiger partial charge is 0.251 e. The molecule has 158 valence electrons. The van der Waals surface area contributed by atoms with Crippen LogP contribution in [0.2, 0.25) is 0 Å². The molecule has 2 heterocycles. The molecule has 1 fully saturated rings. The Bertz CT molecular complexity index is 838. The van der Waals surface area contributed by atoms with Gasteiger partial charge in [-0.25, -0.2) is 0 Å². The van der Waals surface area contributed by atoms with Gasteiger partial charge in [0, 0.05) is 51.6 Å². The molecule has 1 aromatic carbocycles. The second kappa shape index (κ2) is 11.1. The van der Waals surface area contributed by atoms with Crippen LogP contribution in [0.15, 0.2) is 41.7 Å². The van der Waals surface area contributed by atoms with Gasteiger partial charge < -0.3 is 20.3 Å². The fourth-order valence-corrected chi connectivity index (χ4v) is 3.31. The molecule has 0 saturated carbocycles. The van der Waals surface area contributed by atoms with Crippen molar-refractivity contribution < 1.29 is 9.53 Å². The Hall–Kier alpha value is -2.14. The summed E-state index contributed by atoms with van der Waals surface area (Å²) in [7, 11) is 5.34. The average molecular weight is 512 g/mol. The van der Waals surface area contributed by atoms with E-state index >= 15 is 0 Å². The summed E-state index contributed by atoms with van der Waals surface area (Å²) in [5.41, 5.74) is 2.87. The maximum Gasteiger partial charge on any atom is 0.251 e. The van der Waals surface area contributed by atoms with Crippen LogP contribution >= 0.6 is 24.0 Å². The van der Waals surface area contributed by atoms with Crippen molar-refractivity contribution in [3.8, 4) is 0 Å². The lowest BCUT2D eigenvalue weighted by Crippen LogP contribution is -2.48. The minimum Gasteiger partial charge on any atom is -0.370 e. The number of aromatic nitrogens is 2. The van der Waals surface area contributed by atoms with Crippen LogP contribution in [0, 0.1) is 0 Å². The summed E-state index contributed by atoms with van der Waals surface area (Å²) in [4.78, 5) is 18.4. The number of carbonyl (C=O) groups is 1. The van der Waals surface area contributed by atoms with Gasteiger partial charge in [-0.15, -0.1) is 24.0 Å². The Balaban J connectivity index is 0.00000300. The zero-order valence-corrected chi connectivity index (χ0v) is 19.4. The molecule has 0 aliphatic carbocycles. The van der Waals surface area contributed by atoms with Crippen molar-refractivity contribution in [3.05, 3.63) is 53.3 Å². The molecule has 8 nitrogen and oxygen atoms in total. The van der Waals surface area contributed by atoms with Crippen molar-refractivity contribution in [1.29, 1.82) is 0 Å². The van der Waals surface area contributed by atoms with Gasteiger partial charge in [0.05, 0.1) is 19.3 Å². The van der Waals surface area contributed by atoms with E-state index < -0.39 is 0 Å². The molecule has 1 aromatic heterocycles. The molecule has 1 atom stereocenters. The number of carbonyl (C=O) groups excluding carboxylic acids is 1. The lowest BCUT2D eigenvalue weighted by atomic mass is 10.1. The molecule has 0 spiro atoms. The summed E-state index contributed by atoms with van der Waals surface area (Å²) in [6.45, 7) is 2.91. The Morgan fingerprint density at radius 2 is 2.24 bits per heavy atom. The third-order valence-corrected chi connectivity index (χ3v) is 4.79. The van der Waals surface area contributed by atoms with E-state index in [-0.39, 0.29) is 36.0 Å². The number of nitrogens with zero attached hydrogens (tertiary/aromatic N) is 4. The molecule has 3 rings (SSSR count). The van der Waals surface area contributed by atoms with Crippen LogP contribution in [0.1, 0.15) is 27.6 Å². The number of halogens is 1. The van der Waals surface area contributed by atoms with E-state index in [1.54, 1.807) is 18.8 Å². The number of amides is 1. The normalized spacial score (nSPS) is 16.9. The molecule has 1 aliphatic heterocycles. The third-order valence-electron chi connectivity index (χ3n) is 4.79. The first kappa shape index (κ1) is 23.1. The molecule has 1 amide bonds. The summed E-state index contributed by atoms with van der Waals surface area (Å²) in [6.07, 6.45) is 4.64. The van der Waals surface area contributed by atoms with Crippen LogP contribution in [-0.4, -0.2) is 66.9 Å².